The third-order valence-electron chi connectivity index (χ3n) is 6.75. The van der Waals surface area contributed by atoms with Crippen molar-refractivity contribution in [1.82, 2.24) is 10.0 Å². The van der Waals surface area contributed by atoms with E-state index in [-0.39, 0.29) is 18.3 Å². The Morgan fingerprint density at radius 1 is 0.974 bits per heavy atom. The molecule has 3 aliphatic rings. The van der Waals surface area contributed by atoms with Gasteiger partial charge in [0, 0.05) is 10.9 Å². The van der Waals surface area contributed by atoms with E-state index in [1.54, 1.807) is 0 Å². The van der Waals surface area contributed by atoms with Crippen LogP contribution in [-0.2, 0) is 14.4 Å². The van der Waals surface area contributed by atoms with E-state index in [1.807, 2.05) is 54.6 Å². The lowest BCUT2D eigenvalue weighted by atomic mass is 9.98. The van der Waals surface area contributed by atoms with Crippen molar-refractivity contribution >= 4 is 45.1 Å². The number of imide groups is 1. The van der Waals surface area contributed by atoms with Gasteiger partial charge in [0.15, 0.2) is 12.1 Å². The minimum absolute atomic E-state index is 0.114. The van der Waals surface area contributed by atoms with Crippen molar-refractivity contribution < 1.29 is 18.8 Å². The standard InChI is InChI=1S/C27H20BrFN6O3/c28-18-11-9-16(10-12-18)21-14-22(17-5-2-1-3-6-17)35(31-21)23(36)15-33-25-24(30-32-33)26(37)34(27(25)38)20-8-4-7-19(29)13-20/h1-13,22,24-25H,14-15H2/t22-,24-,25+/m1/s1. The van der Waals surface area contributed by atoms with Crippen molar-refractivity contribution in [2.75, 3.05) is 11.4 Å². The maximum absolute atomic E-state index is 13.8. The Kier molecular flexibility index (Phi) is 6.07. The first-order valence-corrected chi connectivity index (χ1v) is 12.7. The molecule has 0 aliphatic carbocycles. The van der Waals surface area contributed by atoms with E-state index in [2.05, 4.69) is 31.4 Å². The molecule has 0 bridgehead atoms. The monoisotopic (exact) mass is 574 g/mol. The van der Waals surface area contributed by atoms with Crippen molar-refractivity contribution in [1.29, 1.82) is 0 Å². The van der Waals surface area contributed by atoms with Gasteiger partial charge in [-0.05, 0) is 41.5 Å². The van der Waals surface area contributed by atoms with Crippen LogP contribution in [0.1, 0.15) is 23.6 Å². The number of carbonyl (C=O) groups excluding carboxylic acids is 3. The minimum atomic E-state index is -1.09. The molecule has 3 amide bonds. The van der Waals surface area contributed by atoms with E-state index in [1.165, 1.54) is 28.2 Å². The zero-order valence-electron chi connectivity index (χ0n) is 19.8. The molecule has 3 aromatic rings. The van der Waals surface area contributed by atoms with Crippen molar-refractivity contribution in [3.8, 4) is 0 Å². The van der Waals surface area contributed by atoms with Gasteiger partial charge < -0.3 is 0 Å². The van der Waals surface area contributed by atoms with Crippen LogP contribution in [0.4, 0.5) is 10.1 Å². The molecule has 0 spiro atoms. The number of hydrogen-bond acceptors (Lipinski definition) is 7. The Bertz CT molecular complexity index is 1500. The van der Waals surface area contributed by atoms with Gasteiger partial charge in [-0.1, -0.05) is 69.7 Å². The molecule has 11 heteroatoms. The molecule has 0 saturated carbocycles. The van der Waals surface area contributed by atoms with Crippen LogP contribution in [0.15, 0.2) is 98.8 Å². The molecule has 0 unspecified atom stereocenters. The van der Waals surface area contributed by atoms with Gasteiger partial charge in [0.1, 0.15) is 12.4 Å². The average molecular weight is 575 g/mol. The summed E-state index contributed by atoms with van der Waals surface area (Å²) in [7, 11) is 0. The second-order valence-corrected chi connectivity index (χ2v) is 10.0. The summed E-state index contributed by atoms with van der Waals surface area (Å²) in [5, 5.41) is 15.3. The summed E-state index contributed by atoms with van der Waals surface area (Å²) in [5.41, 5.74) is 2.68. The predicted molar refractivity (Wildman–Crippen MR) is 139 cm³/mol. The number of hydrazone groups is 1. The molecule has 1 saturated heterocycles. The summed E-state index contributed by atoms with van der Waals surface area (Å²) in [6.07, 6.45) is 0.510. The molecule has 3 heterocycles. The maximum atomic E-state index is 13.8. The largest absolute Gasteiger partial charge is 0.271 e. The average Bonchev–Trinajstić information content (AvgIpc) is 3.60. The summed E-state index contributed by atoms with van der Waals surface area (Å²) >= 11 is 3.44. The number of anilines is 1. The van der Waals surface area contributed by atoms with Crippen LogP contribution in [0.3, 0.4) is 0 Å². The molecule has 3 aromatic carbocycles. The second-order valence-electron chi connectivity index (χ2n) is 9.11. The highest BCUT2D eigenvalue weighted by Gasteiger charge is 2.55. The highest BCUT2D eigenvalue weighted by Crippen LogP contribution is 2.35. The van der Waals surface area contributed by atoms with E-state index in [0.29, 0.717) is 6.42 Å². The third-order valence-corrected chi connectivity index (χ3v) is 7.28. The number of hydrogen-bond donors (Lipinski definition) is 0. The van der Waals surface area contributed by atoms with Gasteiger partial charge in [-0.15, -0.1) is 0 Å². The Balaban J connectivity index is 1.26. The third kappa shape index (κ3) is 4.18. The smallest absolute Gasteiger partial charge is 0.264 e. The molecule has 0 N–H and O–H groups in total. The van der Waals surface area contributed by atoms with Crippen molar-refractivity contribution in [3.05, 3.63) is 100 Å². The van der Waals surface area contributed by atoms with Crippen molar-refractivity contribution in [3.63, 3.8) is 0 Å². The maximum Gasteiger partial charge on any atom is 0.264 e. The zero-order chi connectivity index (χ0) is 26.4. The van der Waals surface area contributed by atoms with Crippen molar-refractivity contribution in [2.45, 2.75) is 24.5 Å². The van der Waals surface area contributed by atoms with Crippen molar-refractivity contribution in [2.24, 2.45) is 15.4 Å². The van der Waals surface area contributed by atoms with Crippen LogP contribution < -0.4 is 4.90 Å². The number of halogens is 2. The topological polar surface area (TPSA) is 98.0 Å². The summed E-state index contributed by atoms with van der Waals surface area (Å²) in [5.74, 6) is -2.18. The molecule has 0 radical (unpaired) electrons. The molecule has 190 valence electrons. The lowest BCUT2D eigenvalue weighted by molar-refractivity contribution is -0.135. The van der Waals surface area contributed by atoms with Gasteiger partial charge >= 0.3 is 0 Å². The van der Waals surface area contributed by atoms with E-state index in [9.17, 15) is 18.8 Å². The normalized spacial score (nSPS) is 22.3. The zero-order valence-corrected chi connectivity index (χ0v) is 21.4. The Hall–Kier alpha value is -4.25. The van der Waals surface area contributed by atoms with Gasteiger partial charge in [-0.25, -0.2) is 14.3 Å². The fraction of sp³-hybridized carbons (Fsp3) is 0.185. The van der Waals surface area contributed by atoms with E-state index < -0.39 is 35.6 Å². The summed E-state index contributed by atoms with van der Waals surface area (Å²) in [6.45, 7) is -0.304. The highest BCUT2D eigenvalue weighted by molar-refractivity contribution is 9.10. The molecule has 3 atom stereocenters. The number of benzene rings is 3. The highest BCUT2D eigenvalue weighted by atomic mass is 79.9. The summed E-state index contributed by atoms with van der Waals surface area (Å²) < 4.78 is 14.7. The molecule has 6 rings (SSSR count). The molecule has 0 aromatic heterocycles. The van der Waals surface area contributed by atoms with Gasteiger partial charge in [-0.3, -0.25) is 19.4 Å². The number of amides is 3. The molecular formula is C27H20BrFN6O3. The molecule has 38 heavy (non-hydrogen) atoms. The lowest BCUT2D eigenvalue weighted by Crippen LogP contribution is -2.44. The number of fused-ring (bicyclic) bond motifs is 1. The Labute approximate surface area is 225 Å². The number of nitrogens with zero attached hydrogens (tertiary/aromatic N) is 6. The van der Waals surface area contributed by atoms with Crippen LogP contribution in [0.2, 0.25) is 0 Å². The number of carbonyl (C=O) groups is 3. The first-order valence-electron chi connectivity index (χ1n) is 11.9. The fourth-order valence-corrected chi connectivity index (χ4v) is 5.19. The predicted octanol–water partition coefficient (Wildman–Crippen LogP) is 4.26. The lowest BCUT2D eigenvalue weighted by Gasteiger charge is -2.25. The molecule has 3 aliphatic heterocycles. The Morgan fingerprint density at radius 2 is 1.74 bits per heavy atom. The summed E-state index contributed by atoms with van der Waals surface area (Å²) in [6, 6.07) is 20.0. The first kappa shape index (κ1) is 24.1. The molecule has 9 nitrogen and oxygen atoms in total. The minimum Gasteiger partial charge on any atom is -0.271 e. The van der Waals surface area contributed by atoms with Gasteiger partial charge in [0.25, 0.3) is 17.7 Å². The van der Waals surface area contributed by atoms with Gasteiger partial charge in [0.05, 0.1) is 17.4 Å². The van der Waals surface area contributed by atoms with Crippen LogP contribution >= 0.6 is 15.9 Å². The van der Waals surface area contributed by atoms with Gasteiger partial charge in [0.2, 0.25) is 0 Å². The van der Waals surface area contributed by atoms with Gasteiger partial charge in [-0.2, -0.15) is 10.2 Å². The molecule has 1 fully saturated rings. The Morgan fingerprint density at radius 3 is 2.47 bits per heavy atom. The SMILES string of the molecule is O=C1[C@@H]2[C@@H](N=NN2CC(=O)N2N=C(c3ccc(Br)cc3)C[C@@H]2c2ccccc2)C(=O)N1c1cccc(F)c1. The van der Waals surface area contributed by atoms with Crippen LogP contribution in [-0.4, -0.2) is 52.1 Å². The quantitative estimate of drug-likeness (QED) is 0.425. The first-order chi connectivity index (χ1) is 18.4. The number of rotatable bonds is 5. The molecular weight excluding hydrogens is 555 g/mol. The van der Waals surface area contributed by atoms with Crippen LogP contribution in [0.25, 0.3) is 0 Å². The second kappa shape index (κ2) is 9.56. The van der Waals surface area contributed by atoms with Crippen LogP contribution in [0.5, 0.6) is 0 Å². The fourth-order valence-electron chi connectivity index (χ4n) is 4.93. The van der Waals surface area contributed by atoms with E-state index in [4.69, 9.17) is 0 Å². The summed E-state index contributed by atoms with van der Waals surface area (Å²) in [4.78, 5) is 40.7. The van der Waals surface area contributed by atoms with E-state index in [0.717, 1.165) is 32.3 Å². The van der Waals surface area contributed by atoms with E-state index >= 15 is 0 Å². The van der Waals surface area contributed by atoms with Crippen LogP contribution in [0, 0.1) is 5.82 Å².